The van der Waals surface area contributed by atoms with Crippen molar-refractivity contribution in [3.05, 3.63) is 32.5 Å². The Morgan fingerprint density at radius 3 is 2.58 bits per heavy atom. The van der Waals surface area contributed by atoms with E-state index in [0.29, 0.717) is 17.1 Å². The van der Waals surface area contributed by atoms with Gasteiger partial charge in [0.2, 0.25) is 0 Å². The third-order valence-corrected chi connectivity index (χ3v) is 3.80. The number of rotatable bonds is 3. The van der Waals surface area contributed by atoms with E-state index in [1.807, 2.05) is 0 Å². The highest BCUT2D eigenvalue weighted by Gasteiger charge is 2.18. The number of halogens is 2. The fourth-order valence-electron chi connectivity index (χ4n) is 1.59. The molecule has 8 heteroatoms. The molecular weight excluding hydrogens is 382 g/mol. The molecule has 1 heterocycles. The third kappa shape index (κ3) is 2.50. The Labute approximate surface area is 125 Å². The van der Waals surface area contributed by atoms with Crippen LogP contribution in [-0.4, -0.2) is 33.2 Å². The molecule has 1 aromatic carbocycles. The number of methoxy groups -OCH3 is 1. The van der Waals surface area contributed by atoms with Crippen molar-refractivity contribution in [2.75, 3.05) is 7.11 Å². The van der Waals surface area contributed by atoms with Crippen LogP contribution in [0.4, 0.5) is 0 Å². The zero-order chi connectivity index (χ0) is 14.2. The number of hydrogen-bond donors (Lipinski definition) is 1. The number of carboxylic acids is 1. The predicted molar refractivity (Wildman–Crippen MR) is 75.0 cm³/mol. The second kappa shape index (κ2) is 5.30. The summed E-state index contributed by atoms with van der Waals surface area (Å²) in [7, 11) is 1.55. The Morgan fingerprint density at radius 1 is 1.37 bits per heavy atom. The average molecular weight is 391 g/mol. The van der Waals surface area contributed by atoms with Gasteiger partial charge < -0.3 is 9.84 Å². The number of nitrogens with zero attached hydrogens (tertiary/aromatic N) is 3. The van der Waals surface area contributed by atoms with Crippen molar-refractivity contribution in [2.24, 2.45) is 0 Å². The van der Waals surface area contributed by atoms with Gasteiger partial charge in [-0.05, 0) is 44.8 Å². The molecule has 0 saturated carbocycles. The van der Waals surface area contributed by atoms with Gasteiger partial charge in [0.05, 0.1) is 23.0 Å². The minimum atomic E-state index is -1.11. The van der Waals surface area contributed by atoms with Crippen molar-refractivity contribution in [1.82, 2.24) is 15.0 Å². The molecule has 0 aliphatic carbocycles. The molecule has 1 aromatic heterocycles. The second-order valence-corrected chi connectivity index (χ2v) is 5.39. The molecule has 1 N–H and O–H groups in total. The zero-order valence-electron chi connectivity index (χ0n) is 10.0. The summed E-state index contributed by atoms with van der Waals surface area (Å²) in [6.07, 6.45) is 0. The number of aromatic carboxylic acids is 1. The lowest BCUT2D eigenvalue weighted by Gasteiger charge is -2.10. The van der Waals surface area contributed by atoms with E-state index in [1.165, 1.54) is 4.68 Å². The molecule has 2 rings (SSSR count). The summed E-state index contributed by atoms with van der Waals surface area (Å²) in [6, 6.07) is 3.54. The van der Waals surface area contributed by atoms with Crippen molar-refractivity contribution in [3.8, 4) is 11.4 Å². The first-order valence-electron chi connectivity index (χ1n) is 5.14. The summed E-state index contributed by atoms with van der Waals surface area (Å²) in [6.45, 7) is 1.64. The van der Waals surface area contributed by atoms with Gasteiger partial charge >= 0.3 is 5.97 Å². The molecule has 0 fully saturated rings. The lowest BCUT2D eigenvalue weighted by atomic mass is 10.2. The number of carbonyl (C=O) groups is 1. The topological polar surface area (TPSA) is 77.2 Å². The van der Waals surface area contributed by atoms with Crippen LogP contribution in [0.2, 0.25) is 0 Å². The fourth-order valence-corrected chi connectivity index (χ4v) is 2.92. The van der Waals surface area contributed by atoms with Crippen LogP contribution in [0.15, 0.2) is 21.1 Å². The molecule has 0 bridgehead atoms. The third-order valence-electron chi connectivity index (χ3n) is 2.55. The summed E-state index contributed by atoms with van der Waals surface area (Å²) >= 11 is 6.77. The SMILES string of the molecule is COc1cc(-n2nnc(C(=O)O)c2C)c(Br)cc1Br. The summed E-state index contributed by atoms with van der Waals surface area (Å²) in [5.41, 5.74) is 1.02. The quantitative estimate of drug-likeness (QED) is 0.871. The molecule has 0 spiro atoms. The Kier molecular flexibility index (Phi) is 3.91. The molecular formula is C11H9Br2N3O3. The van der Waals surface area contributed by atoms with Gasteiger partial charge in [-0.3, -0.25) is 0 Å². The van der Waals surface area contributed by atoms with Crippen LogP contribution in [-0.2, 0) is 0 Å². The lowest BCUT2D eigenvalue weighted by Crippen LogP contribution is -2.03. The van der Waals surface area contributed by atoms with E-state index in [-0.39, 0.29) is 5.69 Å². The van der Waals surface area contributed by atoms with E-state index in [2.05, 4.69) is 42.2 Å². The van der Waals surface area contributed by atoms with Gasteiger partial charge in [-0.2, -0.15) is 0 Å². The first kappa shape index (κ1) is 14.0. The van der Waals surface area contributed by atoms with Gasteiger partial charge in [0, 0.05) is 10.5 Å². The molecule has 0 aliphatic rings. The minimum Gasteiger partial charge on any atom is -0.495 e. The van der Waals surface area contributed by atoms with Crippen LogP contribution in [0.5, 0.6) is 5.75 Å². The van der Waals surface area contributed by atoms with Crippen LogP contribution in [0.3, 0.4) is 0 Å². The Hall–Kier alpha value is -1.41. The van der Waals surface area contributed by atoms with Crippen LogP contribution < -0.4 is 4.74 Å². The molecule has 0 radical (unpaired) electrons. The maximum atomic E-state index is 11.0. The zero-order valence-corrected chi connectivity index (χ0v) is 13.2. The highest BCUT2D eigenvalue weighted by Crippen LogP contribution is 2.33. The van der Waals surface area contributed by atoms with Gasteiger partial charge in [0.1, 0.15) is 5.75 Å². The lowest BCUT2D eigenvalue weighted by molar-refractivity contribution is 0.0689. The molecule has 6 nitrogen and oxygen atoms in total. The molecule has 0 amide bonds. The highest BCUT2D eigenvalue weighted by molar-refractivity contribution is 9.11. The van der Waals surface area contributed by atoms with Crippen LogP contribution in [0, 0.1) is 6.92 Å². The predicted octanol–water partition coefficient (Wildman–Crippen LogP) is 2.81. The first-order chi connectivity index (χ1) is 8.95. The van der Waals surface area contributed by atoms with Crippen LogP contribution in [0.1, 0.15) is 16.2 Å². The molecule has 0 saturated heterocycles. The monoisotopic (exact) mass is 389 g/mol. The molecule has 0 atom stereocenters. The molecule has 19 heavy (non-hydrogen) atoms. The normalized spacial score (nSPS) is 10.5. The maximum absolute atomic E-state index is 11.0. The largest absolute Gasteiger partial charge is 0.495 e. The van der Waals surface area contributed by atoms with Gasteiger partial charge in [-0.25, -0.2) is 9.48 Å². The summed E-state index contributed by atoms with van der Waals surface area (Å²) in [5, 5.41) is 16.5. The van der Waals surface area contributed by atoms with Gasteiger partial charge in [0.25, 0.3) is 0 Å². The molecule has 0 aliphatic heterocycles. The van der Waals surface area contributed by atoms with Crippen LogP contribution in [0.25, 0.3) is 5.69 Å². The molecule has 0 unspecified atom stereocenters. The van der Waals surface area contributed by atoms with E-state index >= 15 is 0 Å². The fraction of sp³-hybridized carbons (Fsp3) is 0.182. The van der Waals surface area contributed by atoms with Crippen molar-refractivity contribution in [3.63, 3.8) is 0 Å². The smallest absolute Gasteiger partial charge is 0.358 e. The van der Waals surface area contributed by atoms with Gasteiger partial charge in [-0.1, -0.05) is 5.21 Å². The van der Waals surface area contributed by atoms with Gasteiger partial charge in [0.15, 0.2) is 5.69 Å². The van der Waals surface area contributed by atoms with E-state index in [9.17, 15) is 4.79 Å². The van der Waals surface area contributed by atoms with E-state index < -0.39 is 5.97 Å². The number of carboxylic acid groups (broad SMARTS) is 1. The van der Waals surface area contributed by atoms with Crippen LogP contribution >= 0.6 is 31.9 Å². The van der Waals surface area contributed by atoms with E-state index in [1.54, 1.807) is 26.2 Å². The Bertz CT molecular complexity index is 655. The number of aromatic nitrogens is 3. The number of benzene rings is 1. The summed E-state index contributed by atoms with van der Waals surface area (Å²) < 4.78 is 8.18. The average Bonchev–Trinajstić information content (AvgIpc) is 2.71. The maximum Gasteiger partial charge on any atom is 0.358 e. The Morgan fingerprint density at radius 2 is 2.05 bits per heavy atom. The van der Waals surface area contributed by atoms with E-state index in [0.717, 1.165) is 8.95 Å². The van der Waals surface area contributed by atoms with Crippen molar-refractivity contribution in [2.45, 2.75) is 6.92 Å². The summed E-state index contributed by atoms with van der Waals surface area (Å²) in [4.78, 5) is 11.0. The highest BCUT2D eigenvalue weighted by atomic mass is 79.9. The van der Waals surface area contributed by atoms with Gasteiger partial charge in [-0.15, -0.1) is 5.10 Å². The van der Waals surface area contributed by atoms with E-state index in [4.69, 9.17) is 9.84 Å². The second-order valence-electron chi connectivity index (χ2n) is 3.68. The molecule has 2 aromatic rings. The number of hydrogen-bond acceptors (Lipinski definition) is 4. The van der Waals surface area contributed by atoms with Crippen molar-refractivity contribution >= 4 is 37.8 Å². The first-order valence-corrected chi connectivity index (χ1v) is 6.73. The van der Waals surface area contributed by atoms with Crippen molar-refractivity contribution < 1.29 is 14.6 Å². The number of ether oxygens (including phenoxy) is 1. The van der Waals surface area contributed by atoms with Crippen molar-refractivity contribution in [1.29, 1.82) is 0 Å². The minimum absolute atomic E-state index is 0.0752. The Balaban J connectivity index is 2.62. The summed E-state index contributed by atoms with van der Waals surface area (Å²) in [5.74, 6) is -0.492. The molecule has 100 valence electrons. The standard InChI is InChI=1S/C11H9Br2N3O3/c1-5-10(11(17)18)14-15-16(5)8-4-9(19-2)7(13)3-6(8)12/h3-4H,1-2H3,(H,17,18).